The van der Waals surface area contributed by atoms with Crippen LogP contribution in [0, 0.1) is 11.3 Å². The molecule has 0 aromatic heterocycles. The van der Waals surface area contributed by atoms with Crippen molar-refractivity contribution in [1.82, 2.24) is 15.5 Å². The maximum Gasteiger partial charge on any atom is 0.250 e. The van der Waals surface area contributed by atoms with Gasteiger partial charge in [-0.1, -0.05) is 56.8 Å². The normalized spacial score (nSPS) is 13.3. The van der Waals surface area contributed by atoms with Crippen LogP contribution < -0.4 is 16.4 Å². The number of nitrogens with one attached hydrogen (secondary N) is 3. The Kier molecular flexibility index (Phi) is 10.9. The topological polar surface area (TPSA) is 141 Å². The Hall–Kier alpha value is -2.88. The zero-order valence-corrected chi connectivity index (χ0v) is 20.4. The van der Waals surface area contributed by atoms with Gasteiger partial charge in [-0.25, -0.2) is 0 Å². The predicted octanol–water partition coefficient (Wildman–Crippen LogP) is 1.68. The van der Waals surface area contributed by atoms with E-state index in [1.807, 2.05) is 31.2 Å². The Morgan fingerprint density at radius 1 is 1.16 bits per heavy atom. The number of carbonyl (C=O) groups is 3. The summed E-state index contributed by atoms with van der Waals surface area (Å²) in [5.41, 5.74) is 7.79. The highest BCUT2D eigenvalue weighted by Crippen LogP contribution is 2.23. The zero-order valence-electron chi connectivity index (χ0n) is 19.6. The van der Waals surface area contributed by atoms with E-state index in [-0.39, 0.29) is 28.7 Å². The number of hydrogen-bond donors (Lipinski definition) is 4. The SMILES string of the molecule is CC(=O)NC(CSC(=O)[C@H](C)c1ccc(CC(C)C)cc1)C(=O)N/C(N)=N/C(=N)N(C)C. The molecule has 176 valence electrons. The molecular formula is C22H34N6O3S. The maximum absolute atomic E-state index is 12.7. The second-order valence-corrected chi connectivity index (χ2v) is 9.17. The van der Waals surface area contributed by atoms with Crippen molar-refractivity contribution >= 4 is 40.6 Å². The van der Waals surface area contributed by atoms with Gasteiger partial charge in [-0.2, -0.15) is 4.99 Å². The molecule has 0 heterocycles. The van der Waals surface area contributed by atoms with E-state index in [2.05, 4.69) is 29.5 Å². The molecule has 0 saturated heterocycles. The number of rotatable bonds is 8. The fourth-order valence-electron chi connectivity index (χ4n) is 2.72. The van der Waals surface area contributed by atoms with Crippen LogP contribution in [0.3, 0.4) is 0 Å². The average molecular weight is 463 g/mol. The second kappa shape index (κ2) is 12.8. The number of aliphatic imine (C=N–C) groups is 1. The monoisotopic (exact) mass is 462 g/mol. The van der Waals surface area contributed by atoms with Crippen LogP contribution >= 0.6 is 11.8 Å². The molecule has 0 aliphatic heterocycles. The number of nitrogens with two attached hydrogens (primary N) is 1. The van der Waals surface area contributed by atoms with Crippen LogP contribution in [0.2, 0.25) is 0 Å². The number of benzene rings is 1. The third kappa shape index (κ3) is 9.51. The zero-order chi connectivity index (χ0) is 24.4. The predicted molar refractivity (Wildman–Crippen MR) is 130 cm³/mol. The lowest BCUT2D eigenvalue weighted by atomic mass is 9.97. The fourth-order valence-corrected chi connectivity index (χ4v) is 3.68. The molecule has 5 N–H and O–H groups in total. The van der Waals surface area contributed by atoms with Crippen LogP contribution in [0.5, 0.6) is 0 Å². The first-order chi connectivity index (χ1) is 14.9. The Morgan fingerprint density at radius 3 is 2.25 bits per heavy atom. The molecule has 1 rings (SSSR count). The van der Waals surface area contributed by atoms with Gasteiger partial charge in [0.05, 0.1) is 5.92 Å². The van der Waals surface area contributed by atoms with Gasteiger partial charge in [-0.15, -0.1) is 0 Å². The van der Waals surface area contributed by atoms with Gasteiger partial charge in [-0.05, 0) is 23.5 Å². The van der Waals surface area contributed by atoms with Crippen LogP contribution in [0.15, 0.2) is 29.3 Å². The van der Waals surface area contributed by atoms with E-state index >= 15 is 0 Å². The quantitative estimate of drug-likeness (QED) is 0.342. The average Bonchev–Trinajstić information content (AvgIpc) is 2.69. The smallest absolute Gasteiger partial charge is 0.250 e. The molecule has 0 aliphatic carbocycles. The first kappa shape index (κ1) is 27.2. The molecule has 0 saturated carbocycles. The summed E-state index contributed by atoms with van der Waals surface area (Å²) in [5, 5.41) is 12.4. The molecule has 0 fully saturated rings. The minimum Gasteiger partial charge on any atom is -0.369 e. The molecule has 32 heavy (non-hydrogen) atoms. The number of carbonyl (C=O) groups excluding carboxylic acids is 3. The Morgan fingerprint density at radius 2 is 1.75 bits per heavy atom. The number of thioether (sulfide) groups is 1. The molecule has 0 bridgehead atoms. The van der Waals surface area contributed by atoms with Gasteiger partial charge in [0.15, 0.2) is 5.12 Å². The summed E-state index contributed by atoms with van der Waals surface area (Å²) in [5.74, 6) is -1.20. The van der Waals surface area contributed by atoms with E-state index in [4.69, 9.17) is 11.1 Å². The number of hydrogen-bond acceptors (Lipinski definition) is 5. The van der Waals surface area contributed by atoms with Crippen molar-refractivity contribution in [1.29, 1.82) is 5.41 Å². The summed E-state index contributed by atoms with van der Waals surface area (Å²) in [6.45, 7) is 7.42. The highest BCUT2D eigenvalue weighted by Gasteiger charge is 2.24. The van der Waals surface area contributed by atoms with Gasteiger partial charge < -0.3 is 16.0 Å². The first-order valence-corrected chi connectivity index (χ1v) is 11.3. The number of guanidine groups is 2. The highest BCUT2D eigenvalue weighted by atomic mass is 32.2. The molecule has 1 aromatic rings. The third-order valence-corrected chi connectivity index (χ3v) is 5.60. The molecule has 2 amide bonds. The van der Waals surface area contributed by atoms with Gasteiger partial charge in [0.2, 0.25) is 23.7 Å². The lowest BCUT2D eigenvalue weighted by Crippen LogP contribution is -2.51. The number of amides is 2. The fraction of sp³-hybridized carbons (Fsp3) is 0.500. The molecule has 0 aliphatic rings. The minimum atomic E-state index is -0.982. The lowest BCUT2D eigenvalue weighted by molar-refractivity contribution is -0.126. The van der Waals surface area contributed by atoms with Gasteiger partial charge in [0.1, 0.15) is 6.04 Å². The maximum atomic E-state index is 12.7. The molecule has 1 aromatic carbocycles. The van der Waals surface area contributed by atoms with E-state index < -0.39 is 17.9 Å². The molecule has 10 heteroatoms. The van der Waals surface area contributed by atoms with Crippen molar-refractivity contribution in [3.8, 4) is 0 Å². The van der Waals surface area contributed by atoms with Crippen molar-refractivity contribution in [3.05, 3.63) is 35.4 Å². The van der Waals surface area contributed by atoms with Gasteiger partial charge in [0, 0.05) is 26.8 Å². The second-order valence-electron chi connectivity index (χ2n) is 8.15. The van der Waals surface area contributed by atoms with Crippen molar-refractivity contribution < 1.29 is 14.4 Å². The summed E-state index contributed by atoms with van der Waals surface area (Å²) >= 11 is 0.973. The Balaban J connectivity index is 2.77. The highest BCUT2D eigenvalue weighted by molar-refractivity contribution is 8.13. The summed E-state index contributed by atoms with van der Waals surface area (Å²) < 4.78 is 0. The molecular weight excluding hydrogens is 428 g/mol. The van der Waals surface area contributed by atoms with Crippen molar-refractivity contribution in [2.75, 3.05) is 19.8 Å². The van der Waals surface area contributed by atoms with Crippen molar-refractivity contribution in [3.63, 3.8) is 0 Å². The van der Waals surface area contributed by atoms with Crippen molar-refractivity contribution in [2.45, 2.75) is 46.1 Å². The van der Waals surface area contributed by atoms with E-state index in [1.54, 1.807) is 14.1 Å². The summed E-state index contributed by atoms with van der Waals surface area (Å²) in [7, 11) is 3.23. The molecule has 1 unspecified atom stereocenters. The largest absolute Gasteiger partial charge is 0.369 e. The van der Waals surface area contributed by atoms with Gasteiger partial charge >= 0.3 is 0 Å². The lowest BCUT2D eigenvalue weighted by Gasteiger charge is -2.18. The van der Waals surface area contributed by atoms with E-state index in [1.165, 1.54) is 17.4 Å². The summed E-state index contributed by atoms with van der Waals surface area (Å²) in [6, 6.07) is 6.99. The molecule has 9 nitrogen and oxygen atoms in total. The van der Waals surface area contributed by atoms with Crippen molar-refractivity contribution in [2.24, 2.45) is 16.6 Å². The van der Waals surface area contributed by atoms with Crippen LogP contribution in [-0.2, 0) is 20.8 Å². The molecule has 2 atom stereocenters. The summed E-state index contributed by atoms with van der Waals surface area (Å²) in [4.78, 5) is 41.9. The Bertz CT molecular complexity index is 852. The van der Waals surface area contributed by atoms with Crippen LogP contribution in [-0.4, -0.2) is 59.6 Å². The number of nitrogens with zero attached hydrogens (tertiary/aromatic N) is 2. The third-order valence-electron chi connectivity index (χ3n) is 4.46. The standard InChI is InChI=1S/C22H34N6O3S/c1-13(2)11-16-7-9-17(10-8-16)14(3)20(31)32-12-18(25-15(4)29)19(30)26-21(23)27-22(24)28(5)6/h7-10,13-14,18H,11-12H2,1-6H3,(H,25,29)(H4,23,24,26,27,30)/t14-,18?/m1/s1. The molecule has 0 radical (unpaired) electrons. The summed E-state index contributed by atoms with van der Waals surface area (Å²) in [6.07, 6.45) is 0.977. The van der Waals surface area contributed by atoms with Crippen LogP contribution in [0.1, 0.15) is 44.7 Å². The van der Waals surface area contributed by atoms with E-state index in [9.17, 15) is 14.4 Å². The van der Waals surface area contributed by atoms with Gasteiger partial charge in [0.25, 0.3) is 0 Å². The first-order valence-electron chi connectivity index (χ1n) is 10.3. The minimum absolute atomic E-state index is 0.0401. The van der Waals surface area contributed by atoms with Gasteiger partial charge in [-0.3, -0.25) is 25.1 Å². The van der Waals surface area contributed by atoms with E-state index in [0.29, 0.717) is 5.92 Å². The van der Waals surface area contributed by atoms with Crippen LogP contribution in [0.25, 0.3) is 0 Å². The van der Waals surface area contributed by atoms with Crippen LogP contribution in [0.4, 0.5) is 0 Å². The Labute approximate surface area is 194 Å². The molecule has 0 spiro atoms. The van der Waals surface area contributed by atoms with E-state index in [0.717, 1.165) is 23.7 Å².